The normalized spacial score (nSPS) is 10.8. The molecule has 1 N–H and O–H groups in total. The summed E-state index contributed by atoms with van der Waals surface area (Å²) >= 11 is 0. The molecule has 0 atom stereocenters. The molecule has 136 valence electrons. The van der Waals surface area contributed by atoms with Crippen LogP contribution in [0.5, 0.6) is 11.5 Å². The largest absolute Gasteiger partial charge is 0.493 e. The maximum atomic E-state index is 12.7. The number of nitrogens with zero attached hydrogens (tertiary/aromatic N) is 1. The van der Waals surface area contributed by atoms with E-state index in [1.54, 1.807) is 19.1 Å². The average molecular weight is 352 g/mol. The van der Waals surface area contributed by atoms with Gasteiger partial charge >= 0.3 is 0 Å². The third kappa shape index (κ3) is 3.52. The standard InChI is InChI=1S/C21H24N2O3/c1-14-15(2)22-18-13-16(9-10-17(14)18)21(24)23(3)11-12-26-20-8-6-5-7-19(20)25-4/h5-10,13,22H,11-12H2,1-4H3. The number of para-hydroxylation sites is 2. The number of nitrogens with one attached hydrogen (secondary N) is 1. The third-order valence-corrected chi connectivity index (χ3v) is 4.66. The van der Waals surface area contributed by atoms with Crippen molar-refractivity contribution in [2.45, 2.75) is 13.8 Å². The lowest BCUT2D eigenvalue weighted by Gasteiger charge is -2.18. The summed E-state index contributed by atoms with van der Waals surface area (Å²) in [5.74, 6) is 1.33. The van der Waals surface area contributed by atoms with E-state index in [2.05, 4.69) is 11.9 Å². The number of benzene rings is 2. The Morgan fingerprint density at radius 3 is 2.58 bits per heavy atom. The van der Waals surface area contributed by atoms with E-state index in [1.807, 2.05) is 49.4 Å². The molecular weight excluding hydrogens is 328 g/mol. The first-order chi connectivity index (χ1) is 12.5. The Morgan fingerprint density at radius 2 is 1.85 bits per heavy atom. The van der Waals surface area contributed by atoms with Crippen LogP contribution < -0.4 is 9.47 Å². The van der Waals surface area contributed by atoms with Crippen molar-refractivity contribution in [3.8, 4) is 11.5 Å². The summed E-state index contributed by atoms with van der Waals surface area (Å²) in [7, 11) is 3.39. The topological polar surface area (TPSA) is 54.6 Å². The Labute approximate surface area is 153 Å². The number of ether oxygens (including phenoxy) is 2. The number of aromatic nitrogens is 1. The molecule has 3 aromatic rings. The first kappa shape index (κ1) is 17.9. The molecule has 0 aliphatic heterocycles. The monoisotopic (exact) mass is 352 g/mol. The molecule has 5 heteroatoms. The summed E-state index contributed by atoms with van der Waals surface area (Å²) in [6, 6.07) is 13.3. The molecule has 5 nitrogen and oxygen atoms in total. The van der Waals surface area contributed by atoms with Gasteiger partial charge in [0.2, 0.25) is 0 Å². The van der Waals surface area contributed by atoms with Crippen molar-refractivity contribution in [1.82, 2.24) is 9.88 Å². The Balaban J connectivity index is 1.64. The highest BCUT2D eigenvalue weighted by molar-refractivity contribution is 5.98. The molecule has 1 amide bonds. The summed E-state index contributed by atoms with van der Waals surface area (Å²) in [6.07, 6.45) is 0. The highest BCUT2D eigenvalue weighted by Crippen LogP contribution is 2.26. The molecule has 0 aliphatic rings. The predicted molar refractivity (Wildman–Crippen MR) is 103 cm³/mol. The van der Waals surface area contributed by atoms with Gasteiger partial charge in [-0.2, -0.15) is 0 Å². The number of carbonyl (C=O) groups excluding carboxylic acids is 1. The number of rotatable bonds is 6. The minimum Gasteiger partial charge on any atom is -0.493 e. The highest BCUT2D eigenvalue weighted by Gasteiger charge is 2.14. The molecule has 1 heterocycles. The number of fused-ring (bicyclic) bond motifs is 1. The van der Waals surface area contributed by atoms with Crippen molar-refractivity contribution in [2.24, 2.45) is 0 Å². The molecule has 0 fully saturated rings. The average Bonchev–Trinajstić information content (AvgIpc) is 2.94. The second-order valence-electron chi connectivity index (χ2n) is 6.36. The van der Waals surface area contributed by atoms with Crippen molar-refractivity contribution in [3.63, 3.8) is 0 Å². The summed E-state index contributed by atoms with van der Waals surface area (Å²) in [4.78, 5) is 17.7. The zero-order chi connectivity index (χ0) is 18.7. The van der Waals surface area contributed by atoms with Gasteiger partial charge in [0.15, 0.2) is 11.5 Å². The quantitative estimate of drug-likeness (QED) is 0.731. The van der Waals surface area contributed by atoms with Crippen LogP contribution in [-0.2, 0) is 0 Å². The Morgan fingerprint density at radius 1 is 1.12 bits per heavy atom. The maximum absolute atomic E-state index is 12.7. The molecule has 0 bridgehead atoms. The fourth-order valence-electron chi connectivity index (χ4n) is 2.96. The van der Waals surface area contributed by atoms with E-state index in [-0.39, 0.29) is 5.91 Å². The number of aryl methyl sites for hydroxylation is 2. The van der Waals surface area contributed by atoms with Crippen molar-refractivity contribution in [1.29, 1.82) is 0 Å². The van der Waals surface area contributed by atoms with Gasteiger partial charge in [0.05, 0.1) is 13.7 Å². The second kappa shape index (κ2) is 7.52. The van der Waals surface area contributed by atoms with Gasteiger partial charge in [-0.3, -0.25) is 4.79 Å². The van der Waals surface area contributed by atoms with Gasteiger partial charge < -0.3 is 19.4 Å². The van der Waals surface area contributed by atoms with Crippen LogP contribution in [0.1, 0.15) is 21.6 Å². The van der Waals surface area contributed by atoms with Crippen LogP contribution in [0.25, 0.3) is 10.9 Å². The van der Waals surface area contributed by atoms with Crippen LogP contribution >= 0.6 is 0 Å². The number of carbonyl (C=O) groups is 1. The number of methoxy groups -OCH3 is 1. The zero-order valence-electron chi connectivity index (χ0n) is 15.6. The smallest absolute Gasteiger partial charge is 0.253 e. The van der Waals surface area contributed by atoms with Crippen molar-refractivity contribution in [3.05, 3.63) is 59.3 Å². The minimum atomic E-state index is -0.0274. The number of aromatic amines is 1. The lowest BCUT2D eigenvalue weighted by Crippen LogP contribution is -2.30. The molecule has 0 saturated carbocycles. The first-order valence-electron chi connectivity index (χ1n) is 8.61. The maximum Gasteiger partial charge on any atom is 0.253 e. The first-order valence-corrected chi connectivity index (χ1v) is 8.61. The van der Waals surface area contributed by atoms with Gasteiger partial charge in [0.1, 0.15) is 6.61 Å². The van der Waals surface area contributed by atoms with Crippen LogP contribution in [-0.4, -0.2) is 43.1 Å². The summed E-state index contributed by atoms with van der Waals surface area (Å²) < 4.78 is 11.0. The van der Waals surface area contributed by atoms with E-state index in [0.717, 1.165) is 16.6 Å². The van der Waals surface area contributed by atoms with E-state index in [9.17, 15) is 4.79 Å². The number of hydrogen-bond acceptors (Lipinski definition) is 3. The third-order valence-electron chi connectivity index (χ3n) is 4.66. The van der Waals surface area contributed by atoms with Gasteiger partial charge in [-0.25, -0.2) is 0 Å². The summed E-state index contributed by atoms with van der Waals surface area (Å²) in [5, 5.41) is 1.15. The van der Waals surface area contributed by atoms with Gasteiger partial charge in [-0.1, -0.05) is 18.2 Å². The number of amides is 1. The second-order valence-corrected chi connectivity index (χ2v) is 6.36. The molecular formula is C21H24N2O3. The van der Waals surface area contributed by atoms with Crippen LogP contribution in [0, 0.1) is 13.8 Å². The Hall–Kier alpha value is -2.95. The fraction of sp³-hybridized carbons (Fsp3) is 0.286. The van der Waals surface area contributed by atoms with Crippen LogP contribution in [0.3, 0.4) is 0 Å². The summed E-state index contributed by atoms with van der Waals surface area (Å²) in [5.41, 5.74) is 4.00. The number of likely N-dealkylation sites (N-methyl/N-ethyl adjacent to an activating group) is 1. The van der Waals surface area contributed by atoms with E-state index in [4.69, 9.17) is 9.47 Å². The van der Waals surface area contributed by atoms with Crippen molar-refractivity contribution in [2.75, 3.05) is 27.3 Å². The number of H-pyrrole nitrogens is 1. The Kier molecular flexibility index (Phi) is 5.16. The molecule has 0 saturated heterocycles. The van der Waals surface area contributed by atoms with E-state index in [0.29, 0.717) is 30.2 Å². The Bertz CT molecular complexity index is 930. The SMILES string of the molecule is COc1ccccc1OCCN(C)C(=O)c1ccc2c(C)c(C)[nH]c2c1. The molecule has 0 spiro atoms. The molecule has 0 unspecified atom stereocenters. The van der Waals surface area contributed by atoms with Gasteiger partial charge in [0, 0.05) is 29.2 Å². The van der Waals surface area contributed by atoms with Gasteiger partial charge in [-0.05, 0) is 43.7 Å². The zero-order valence-corrected chi connectivity index (χ0v) is 15.6. The highest BCUT2D eigenvalue weighted by atomic mass is 16.5. The van der Waals surface area contributed by atoms with Crippen molar-refractivity contribution >= 4 is 16.8 Å². The lowest BCUT2D eigenvalue weighted by atomic mass is 10.1. The van der Waals surface area contributed by atoms with E-state index in [1.165, 1.54) is 5.56 Å². The van der Waals surface area contributed by atoms with Gasteiger partial charge in [0.25, 0.3) is 5.91 Å². The molecule has 2 aromatic carbocycles. The molecule has 26 heavy (non-hydrogen) atoms. The fourth-order valence-corrected chi connectivity index (χ4v) is 2.96. The summed E-state index contributed by atoms with van der Waals surface area (Å²) in [6.45, 7) is 5.00. The lowest BCUT2D eigenvalue weighted by molar-refractivity contribution is 0.0773. The predicted octanol–water partition coefficient (Wildman–Crippen LogP) is 3.94. The number of hydrogen-bond donors (Lipinski definition) is 1. The molecule has 0 aliphatic carbocycles. The van der Waals surface area contributed by atoms with Gasteiger partial charge in [-0.15, -0.1) is 0 Å². The van der Waals surface area contributed by atoms with E-state index < -0.39 is 0 Å². The van der Waals surface area contributed by atoms with Crippen molar-refractivity contribution < 1.29 is 14.3 Å². The van der Waals surface area contributed by atoms with E-state index >= 15 is 0 Å². The van der Waals surface area contributed by atoms with Crippen LogP contribution in [0.15, 0.2) is 42.5 Å². The molecule has 0 radical (unpaired) electrons. The molecule has 1 aromatic heterocycles. The van der Waals surface area contributed by atoms with Crippen LogP contribution in [0.4, 0.5) is 0 Å². The minimum absolute atomic E-state index is 0.0274. The molecule has 3 rings (SSSR count). The van der Waals surface area contributed by atoms with Crippen LogP contribution in [0.2, 0.25) is 0 Å².